The van der Waals surface area contributed by atoms with Gasteiger partial charge in [-0.2, -0.15) is 0 Å². The minimum atomic E-state index is -0.756. The number of ketones is 1. The summed E-state index contributed by atoms with van der Waals surface area (Å²) >= 11 is 0. The first kappa shape index (κ1) is 26.5. The van der Waals surface area contributed by atoms with Crippen molar-refractivity contribution in [3.05, 3.63) is 86.2 Å². The molecule has 5 rings (SSSR count). The molecule has 2 aliphatic carbocycles. The van der Waals surface area contributed by atoms with Gasteiger partial charge < -0.3 is 19.5 Å². The average Bonchev–Trinajstić information content (AvgIpc) is 3.44. The number of hydrogen-bond donors (Lipinski definition) is 1. The number of nitrogens with zero attached hydrogens (tertiary/aromatic N) is 1. The van der Waals surface area contributed by atoms with Crippen LogP contribution in [0.5, 0.6) is 11.5 Å². The fraction of sp³-hybridized carbons (Fsp3) is 0.400. The van der Waals surface area contributed by atoms with Crippen LogP contribution in [0.4, 0.5) is 5.69 Å². The van der Waals surface area contributed by atoms with Gasteiger partial charge in [0, 0.05) is 41.4 Å². The van der Waals surface area contributed by atoms with E-state index in [1.165, 1.54) is 12.1 Å². The Bertz CT molecular complexity index is 1390. The van der Waals surface area contributed by atoms with Gasteiger partial charge in [0.05, 0.1) is 24.7 Å². The number of hydrogen-bond acceptors (Lipinski definition) is 8. The van der Waals surface area contributed by atoms with E-state index < -0.39 is 16.8 Å². The number of benzene rings is 2. The molecule has 1 heterocycles. The summed E-state index contributed by atoms with van der Waals surface area (Å²) < 4.78 is 16.7. The summed E-state index contributed by atoms with van der Waals surface area (Å²) in [6.45, 7) is 1.80. The summed E-state index contributed by atoms with van der Waals surface area (Å²) in [7, 11) is 3.14. The smallest absolute Gasteiger partial charge is 0.337 e. The molecule has 0 unspecified atom stereocenters. The van der Waals surface area contributed by atoms with Gasteiger partial charge >= 0.3 is 5.97 Å². The molecule has 9 nitrogen and oxygen atoms in total. The van der Waals surface area contributed by atoms with Gasteiger partial charge in [0.15, 0.2) is 17.3 Å². The first-order valence-corrected chi connectivity index (χ1v) is 13.2. The number of nitro benzene ring substituents is 1. The second-order valence-corrected chi connectivity index (χ2v) is 10.3. The molecule has 2 aromatic carbocycles. The third-order valence-corrected chi connectivity index (χ3v) is 7.92. The van der Waals surface area contributed by atoms with E-state index in [0.717, 1.165) is 36.9 Å². The molecule has 1 N–H and O–H groups in total. The number of dihydropyridines is 1. The number of non-ortho nitro benzene ring substituents is 1. The van der Waals surface area contributed by atoms with E-state index >= 15 is 0 Å². The van der Waals surface area contributed by atoms with Gasteiger partial charge in [-0.05, 0) is 68.2 Å². The zero-order valence-electron chi connectivity index (χ0n) is 22.3. The Morgan fingerprint density at radius 1 is 1.00 bits per heavy atom. The van der Waals surface area contributed by atoms with Crippen molar-refractivity contribution >= 4 is 17.4 Å². The largest absolute Gasteiger partial charge is 0.493 e. The van der Waals surface area contributed by atoms with Crippen molar-refractivity contribution in [1.29, 1.82) is 0 Å². The lowest BCUT2D eigenvalue weighted by Gasteiger charge is -2.37. The van der Waals surface area contributed by atoms with E-state index in [-0.39, 0.29) is 29.9 Å². The average molecular weight is 533 g/mol. The lowest BCUT2D eigenvalue weighted by Crippen LogP contribution is -2.36. The summed E-state index contributed by atoms with van der Waals surface area (Å²) in [5, 5.41) is 14.9. The van der Waals surface area contributed by atoms with Crippen molar-refractivity contribution < 1.29 is 28.7 Å². The maximum atomic E-state index is 13.8. The van der Waals surface area contributed by atoms with Crippen LogP contribution in [0.3, 0.4) is 0 Å². The van der Waals surface area contributed by atoms with Crippen LogP contribution in [-0.4, -0.2) is 37.0 Å². The minimum Gasteiger partial charge on any atom is -0.493 e. The van der Waals surface area contributed by atoms with Crippen LogP contribution in [0.1, 0.15) is 68.4 Å². The number of ether oxygens (including phenoxy) is 3. The van der Waals surface area contributed by atoms with Crippen LogP contribution in [0, 0.1) is 10.1 Å². The van der Waals surface area contributed by atoms with Crippen molar-refractivity contribution in [1.82, 2.24) is 5.32 Å². The van der Waals surface area contributed by atoms with E-state index in [2.05, 4.69) is 5.32 Å². The summed E-state index contributed by atoms with van der Waals surface area (Å²) in [5.74, 6) is -0.276. The quantitative estimate of drug-likeness (QED) is 0.284. The number of allylic oxidation sites excluding steroid dienone is 3. The van der Waals surface area contributed by atoms with Crippen molar-refractivity contribution in [2.75, 3.05) is 14.2 Å². The minimum absolute atomic E-state index is 0.0965. The predicted octanol–water partition coefficient (Wildman–Crippen LogP) is 5.46. The number of rotatable bonds is 7. The highest BCUT2D eigenvalue weighted by atomic mass is 16.6. The van der Waals surface area contributed by atoms with Gasteiger partial charge in [0.1, 0.15) is 6.10 Å². The number of carbonyl (C=O) groups excluding carboxylic acids is 2. The molecule has 0 bridgehead atoms. The first-order valence-electron chi connectivity index (χ1n) is 13.2. The molecule has 1 fully saturated rings. The first-order chi connectivity index (χ1) is 18.8. The van der Waals surface area contributed by atoms with Crippen LogP contribution >= 0.6 is 0 Å². The van der Waals surface area contributed by atoms with Crippen molar-refractivity contribution in [3.8, 4) is 11.5 Å². The fourth-order valence-electron chi connectivity index (χ4n) is 6.02. The number of nitrogens with one attached hydrogen (secondary N) is 1. The predicted molar refractivity (Wildman–Crippen MR) is 144 cm³/mol. The van der Waals surface area contributed by atoms with Crippen LogP contribution in [-0.2, 0) is 14.3 Å². The van der Waals surface area contributed by atoms with Crippen LogP contribution in [0.15, 0.2) is 65.0 Å². The Kier molecular flexibility index (Phi) is 7.41. The van der Waals surface area contributed by atoms with E-state index in [1.54, 1.807) is 33.3 Å². The Morgan fingerprint density at radius 3 is 2.44 bits per heavy atom. The Hall–Kier alpha value is -4.14. The lowest BCUT2D eigenvalue weighted by molar-refractivity contribution is -0.384. The van der Waals surface area contributed by atoms with E-state index in [0.29, 0.717) is 40.3 Å². The van der Waals surface area contributed by atoms with Crippen LogP contribution in [0.2, 0.25) is 0 Å². The molecule has 0 saturated heterocycles. The van der Waals surface area contributed by atoms with E-state index in [9.17, 15) is 19.7 Å². The number of esters is 1. The van der Waals surface area contributed by atoms with Gasteiger partial charge in [0.25, 0.3) is 5.69 Å². The molecule has 2 atom stereocenters. The Balaban J connectivity index is 1.55. The third kappa shape index (κ3) is 5.13. The Labute approximate surface area is 227 Å². The van der Waals surface area contributed by atoms with Crippen molar-refractivity contribution in [2.24, 2.45) is 0 Å². The fourth-order valence-corrected chi connectivity index (χ4v) is 6.02. The molecule has 1 aliphatic heterocycles. The standard InChI is InChI=1S/C30H32N2O7/c1-17-27(30(34)39-22-9-4-5-10-22)28(19-7-6-8-21(13-19)32(35)36)29-23(31-17)14-20(15-24(29)33)18-11-12-25(37-2)26(16-18)38-3/h6-8,11-13,16,20,22,28,31H,4-5,9-10,14-15H2,1-3H3/t20-,28-/m0/s1. The summed E-state index contributed by atoms with van der Waals surface area (Å²) in [4.78, 5) is 38.5. The highest BCUT2D eigenvalue weighted by molar-refractivity contribution is 6.04. The Morgan fingerprint density at radius 2 is 1.74 bits per heavy atom. The molecule has 9 heteroatoms. The molecule has 0 aromatic heterocycles. The summed E-state index contributed by atoms with van der Waals surface area (Å²) in [6.07, 6.45) is 4.24. The topological polar surface area (TPSA) is 117 Å². The highest BCUT2D eigenvalue weighted by Gasteiger charge is 2.42. The molecule has 204 valence electrons. The van der Waals surface area contributed by atoms with Gasteiger partial charge in [-0.25, -0.2) is 4.79 Å². The summed E-state index contributed by atoms with van der Waals surface area (Å²) in [5.41, 5.74) is 3.48. The van der Waals surface area contributed by atoms with E-state index in [1.807, 2.05) is 18.2 Å². The second kappa shape index (κ2) is 10.9. The number of carbonyl (C=O) groups is 2. The molecule has 1 saturated carbocycles. The number of nitro groups is 1. The number of Topliss-reactive ketones (excluding diaryl/α,β-unsaturated/α-hetero) is 1. The summed E-state index contributed by atoms with van der Waals surface area (Å²) in [6, 6.07) is 11.8. The molecule has 2 aromatic rings. The lowest BCUT2D eigenvalue weighted by atomic mass is 9.71. The molecular weight excluding hydrogens is 500 g/mol. The maximum absolute atomic E-state index is 13.8. The number of methoxy groups -OCH3 is 2. The molecule has 0 amide bonds. The maximum Gasteiger partial charge on any atom is 0.337 e. The molecule has 0 spiro atoms. The van der Waals surface area contributed by atoms with Crippen molar-refractivity contribution in [2.45, 2.75) is 63.4 Å². The molecule has 0 radical (unpaired) electrons. The van der Waals surface area contributed by atoms with Gasteiger partial charge in [-0.3, -0.25) is 14.9 Å². The van der Waals surface area contributed by atoms with Crippen LogP contribution < -0.4 is 14.8 Å². The zero-order valence-corrected chi connectivity index (χ0v) is 22.3. The second-order valence-electron chi connectivity index (χ2n) is 10.3. The van der Waals surface area contributed by atoms with Gasteiger partial charge in [0.2, 0.25) is 0 Å². The zero-order chi connectivity index (χ0) is 27.7. The SMILES string of the molecule is COc1ccc([C@@H]2CC(=O)C3=C(C2)NC(C)=C(C(=O)OC2CCCC2)[C@@H]3c2cccc([N+](=O)[O-])c2)cc1OC. The molecule has 3 aliphatic rings. The third-order valence-electron chi connectivity index (χ3n) is 7.92. The van der Waals surface area contributed by atoms with Gasteiger partial charge in [-0.15, -0.1) is 0 Å². The van der Waals surface area contributed by atoms with Crippen LogP contribution in [0.25, 0.3) is 0 Å². The molecule has 39 heavy (non-hydrogen) atoms. The van der Waals surface area contributed by atoms with E-state index in [4.69, 9.17) is 14.2 Å². The monoisotopic (exact) mass is 532 g/mol. The normalized spacial score (nSPS) is 21.4. The molecular formula is C30H32N2O7. The van der Waals surface area contributed by atoms with Crippen molar-refractivity contribution in [3.63, 3.8) is 0 Å². The highest BCUT2D eigenvalue weighted by Crippen LogP contribution is 2.47. The van der Waals surface area contributed by atoms with Gasteiger partial charge in [-0.1, -0.05) is 18.2 Å².